The molecule has 0 aliphatic heterocycles. The van der Waals surface area contributed by atoms with E-state index in [9.17, 15) is 19.8 Å². The first-order chi connectivity index (χ1) is 12.5. The molecule has 4 heteroatoms. The summed E-state index contributed by atoms with van der Waals surface area (Å²) in [5.41, 5.74) is 1.85. The molecule has 0 radical (unpaired) electrons. The number of carboxylic acids is 2. The number of hydrogen-bond donors (Lipinski definition) is 2. The molecule has 0 heterocycles. The third-order valence-electron chi connectivity index (χ3n) is 4.77. The topological polar surface area (TPSA) is 74.6 Å². The maximum atomic E-state index is 12.3. The van der Waals surface area contributed by atoms with Crippen LogP contribution in [-0.2, 0) is 9.59 Å². The normalized spacial score (nSPS) is 23.0. The molecule has 0 saturated heterocycles. The van der Waals surface area contributed by atoms with Gasteiger partial charge in [-0.05, 0) is 75.0 Å². The molecule has 0 saturated carbocycles. The second-order valence-electron chi connectivity index (χ2n) is 6.79. The molecule has 1 aliphatic carbocycles. The van der Waals surface area contributed by atoms with Crippen LogP contribution in [0.15, 0.2) is 82.0 Å². The minimum absolute atomic E-state index is 0.00581. The molecular weight excluding hydrogens is 340 g/mol. The summed E-state index contributed by atoms with van der Waals surface area (Å²) in [5.74, 6) is -2.26. The molecule has 0 aromatic carbocycles. The predicted octanol–water partition coefficient (Wildman–Crippen LogP) is 5.39. The molecular formula is C23H28O4. The van der Waals surface area contributed by atoms with Crippen molar-refractivity contribution in [1.82, 2.24) is 0 Å². The Morgan fingerprint density at radius 1 is 1.11 bits per heavy atom. The largest absolute Gasteiger partial charge is 0.480 e. The summed E-state index contributed by atoms with van der Waals surface area (Å²) in [6.07, 6.45) is 10.7. The lowest BCUT2D eigenvalue weighted by Gasteiger charge is -2.34. The Hall–Kier alpha value is -2.88. The van der Waals surface area contributed by atoms with Crippen LogP contribution in [0.3, 0.4) is 0 Å². The SMILES string of the molecule is C=C(C=CC)C1=C(C(=O)O)C(=C(C)C(C)=CC=CC)C(C)(C(=O)O)C=C1C. The van der Waals surface area contributed by atoms with Gasteiger partial charge in [0.05, 0.1) is 5.57 Å². The zero-order valence-corrected chi connectivity index (χ0v) is 16.9. The van der Waals surface area contributed by atoms with Crippen molar-refractivity contribution in [2.75, 3.05) is 0 Å². The monoisotopic (exact) mass is 368 g/mol. The molecule has 0 bridgehead atoms. The molecule has 1 aliphatic rings. The third kappa shape index (κ3) is 4.27. The lowest BCUT2D eigenvalue weighted by atomic mass is 9.67. The molecule has 0 aromatic heterocycles. The van der Waals surface area contributed by atoms with E-state index in [4.69, 9.17) is 0 Å². The van der Waals surface area contributed by atoms with Crippen LogP contribution >= 0.6 is 0 Å². The minimum Gasteiger partial charge on any atom is -0.480 e. The van der Waals surface area contributed by atoms with Gasteiger partial charge in [0, 0.05) is 0 Å². The highest BCUT2D eigenvalue weighted by Crippen LogP contribution is 2.47. The maximum Gasteiger partial charge on any atom is 0.336 e. The fourth-order valence-corrected chi connectivity index (χ4v) is 3.38. The van der Waals surface area contributed by atoms with E-state index in [1.807, 2.05) is 39.0 Å². The van der Waals surface area contributed by atoms with Gasteiger partial charge in [-0.2, -0.15) is 0 Å². The molecule has 144 valence electrons. The summed E-state index contributed by atoms with van der Waals surface area (Å²) >= 11 is 0. The second-order valence-corrected chi connectivity index (χ2v) is 6.79. The fraction of sp³-hybridized carbons (Fsp3) is 0.304. The van der Waals surface area contributed by atoms with E-state index in [1.54, 1.807) is 39.0 Å². The first-order valence-electron chi connectivity index (χ1n) is 8.77. The smallest absolute Gasteiger partial charge is 0.336 e. The Morgan fingerprint density at radius 3 is 2.15 bits per heavy atom. The van der Waals surface area contributed by atoms with Crippen LogP contribution in [0.2, 0.25) is 0 Å². The number of rotatable bonds is 6. The summed E-state index contributed by atoms with van der Waals surface area (Å²) in [6, 6.07) is 0. The molecule has 0 aromatic rings. The summed E-state index contributed by atoms with van der Waals surface area (Å²) in [4.78, 5) is 24.4. The maximum absolute atomic E-state index is 12.3. The van der Waals surface area contributed by atoms with Gasteiger partial charge < -0.3 is 10.2 Å². The lowest BCUT2D eigenvalue weighted by molar-refractivity contribution is -0.143. The van der Waals surface area contributed by atoms with Crippen molar-refractivity contribution in [3.05, 3.63) is 82.0 Å². The summed E-state index contributed by atoms with van der Waals surface area (Å²) in [6.45, 7) is 14.6. The van der Waals surface area contributed by atoms with Gasteiger partial charge in [0.25, 0.3) is 0 Å². The number of carboxylic acid groups (broad SMARTS) is 2. The average Bonchev–Trinajstić information content (AvgIpc) is 2.58. The summed E-state index contributed by atoms with van der Waals surface area (Å²) in [7, 11) is 0. The highest BCUT2D eigenvalue weighted by molar-refractivity contribution is 6.01. The Bertz CT molecular complexity index is 857. The van der Waals surface area contributed by atoms with Gasteiger partial charge in [-0.25, -0.2) is 4.79 Å². The first-order valence-corrected chi connectivity index (χ1v) is 8.77. The van der Waals surface area contributed by atoms with Crippen LogP contribution in [0, 0.1) is 5.41 Å². The van der Waals surface area contributed by atoms with Crippen molar-refractivity contribution in [3.63, 3.8) is 0 Å². The zero-order valence-electron chi connectivity index (χ0n) is 16.9. The van der Waals surface area contributed by atoms with E-state index >= 15 is 0 Å². The van der Waals surface area contributed by atoms with Crippen LogP contribution in [-0.4, -0.2) is 22.2 Å². The Balaban J connectivity index is 4.08. The van der Waals surface area contributed by atoms with Gasteiger partial charge >= 0.3 is 11.9 Å². The van der Waals surface area contributed by atoms with Gasteiger partial charge in [-0.1, -0.05) is 43.0 Å². The third-order valence-corrected chi connectivity index (χ3v) is 4.77. The zero-order chi connectivity index (χ0) is 20.9. The van der Waals surface area contributed by atoms with E-state index in [2.05, 4.69) is 6.58 Å². The highest BCUT2D eigenvalue weighted by atomic mass is 16.4. The number of carbonyl (C=O) groups is 2. The molecule has 2 N–H and O–H groups in total. The molecule has 4 nitrogen and oxygen atoms in total. The predicted molar refractivity (Wildman–Crippen MR) is 109 cm³/mol. The first kappa shape index (κ1) is 22.2. The van der Waals surface area contributed by atoms with E-state index in [0.29, 0.717) is 22.3 Å². The van der Waals surface area contributed by atoms with Crippen LogP contribution in [0.5, 0.6) is 0 Å². The Morgan fingerprint density at radius 2 is 1.70 bits per heavy atom. The molecule has 0 spiro atoms. The molecule has 1 unspecified atom stereocenters. The van der Waals surface area contributed by atoms with E-state index in [-0.39, 0.29) is 11.1 Å². The van der Waals surface area contributed by atoms with E-state index < -0.39 is 17.4 Å². The summed E-state index contributed by atoms with van der Waals surface area (Å²) in [5, 5.41) is 20.0. The standard InChI is InChI=1S/C23H28O4/c1-8-10-12-14(3)17(6)20-19(21(24)25)18(15(4)11-9-2)16(5)13-23(20,7)22(26)27/h8-13H,4H2,1-3,5-7H3,(H,24,25)(H,26,27). The van der Waals surface area contributed by atoms with Crippen LogP contribution < -0.4 is 0 Å². The number of allylic oxidation sites excluding steroid dienone is 10. The van der Waals surface area contributed by atoms with Gasteiger partial charge in [-0.3, -0.25) is 4.79 Å². The van der Waals surface area contributed by atoms with Crippen molar-refractivity contribution in [3.8, 4) is 0 Å². The van der Waals surface area contributed by atoms with E-state index in [0.717, 1.165) is 5.57 Å². The second kappa shape index (κ2) is 8.67. The molecule has 0 fully saturated rings. The van der Waals surface area contributed by atoms with Crippen LogP contribution in [0.25, 0.3) is 0 Å². The molecule has 27 heavy (non-hydrogen) atoms. The lowest BCUT2D eigenvalue weighted by Crippen LogP contribution is -2.35. The van der Waals surface area contributed by atoms with Crippen LogP contribution in [0.4, 0.5) is 0 Å². The van der Waals surface area contributed by atoms with Gasteiger partial charge in [-0.15, -0.1) is 0 Å². The van der Waals surface area contributed by atoms with Crippen LogP contribution in [0.1, 0.15) is 41.5 Å². The molecule has 1 rings (SSSR count). The van der Waals surface area contributed by atoms with Crippen molar-refractivity contribution >= 4 is 11.9 Å². The number of hydrogen-bond acceptors (Lipinski definition) is 2. The van der Waals surface area contributed by atoms with Crippen molar-refractivity contribution in [2.24, 2.45) is 5.41 Å². The summed E-state index contributed by atoms with van der Waals surface area (Å²) < 4.78 is 0. The van der Waals surface area contributed by atoms with E-state index in [1.165, 1.54) is 0 Å². The van der Waals surface area contributed by atoms with Gasteiger partial charge in [0.15, 0.2) is 0 Å². The van der Waals surface area contributed by atoms with Crippen molar-refractivity contribution < 1.29 is 19.8 Å². The minimum atomic E-state index is -1.45. The van der Waals surface area contributed by atoms with Crippen molar-refractivity contribution in [1.29, 1.82) is 0 Å². The highest BCUT2D eigenvalue weighted by Gasteiger charge is 2.44. The molecule has 1 atom stereocenters. The fourth-order valence-electron chi connectivity index (χ4n) is 3.38. The van der Waals surface area contributed by atoms with Crippen molar-refractivity contribution in [2.45, 2.75) is 41.5 Å². The number of aliphatic carboxylic acids is 2. The quantitative estimate of drug-likeness (QED) is 0.616. The average molecular weight is 368 g/mol. The Labute approximate surface area is 161 Å². The Kier molecular flexibility index (Phi) is 7.12. The van der Waals surface area contributed by atoms with Gasteiger partial charge in [0.1, 0.15) is 5.41 Å². The molecule has 0 amide bonds. The van der Waals surface area contributed by atoms with Gasteiger partial charge in [0.2, 0.25) is 0 Å².